The molecule has 0 rings (SSSR count). The van der Waals surface area contributed by atoms with Crippen LogP contribution in [-0.4, -0.2) is 24.2 Å². The van der Waals surface area contributed by atoms with Gasteiger partial charge in [-0.3, -0.25) is 4.79 Å². The van der Waals surface area contributed by atoms with Gasteiger partial charge in [0, 0.05) is 12.5 Å². The lowest BCUT2D eigenvalue weighted by molar-refractivity contribution is -0.140. The highest BCUT2D eigenvalue weighted by Crippen LogP contribution is 2.06. The molecule has 0 saturated carbocycles. The maximum atomic E-state index is 10.7. The van der Waals surface area contributed by atoms with Gasteiger partial charge in [-0.25, -0.2) is 4.79 Å². The van der Waals surface area contributed by atoms with E-state index in [0.717, 1.165) is 38.2 Å². The number of carbonyl (C=O) groups excluding carboxylic acids is 1. The molecular formula is C11H18O4. The monoisotopic (exact) mass is 214 g/mol. The van der Waals surface area contributed by atoms with Crippen molar-refractivity contribution >= 4 is 11.9 Å². The fraction of sp³-hybridized carbons (Fsp3) is 0.636. The van der Waals surface area contributed by atoms with Gasteiger partial charge in [-0.15, -0.1) is 0 Å². The van der Waals surface area contributed by atoms with Crippen LogP contribution in [0.1, 0.15) is 38.5 Å². The molecule has 0 aliphatic carbocycles. The van der Waals surface area contributed by atoms with Crippen LogP contribution in [0.15, 0.2) is 12.2 Å². The Bertz CT molecular complexity index is 221. The fourth-order valence-corrected chi connectivity index (χ4v) is 1.17. The first kappa shape index (κ1) is 13.7. The molecule has 0 aromatic rings. The number of methoxy groups -OCH3 is 1. The Kier molecular flexibility index (Phi) is 8.43. The zero-order chi connectivity index (χ0) is 11.5. The molecule has 0 aliphatic heterocycles. The number of ether oxygens (including phenoxy) is 1. The van der Waals surface area contributed by atoms with Crippen LogP contribution >= 0.6 is 0 Å². The molecule has 0 radical (unpaired) electrons. The number of aliphatic carboxylic acids is 1. The molecule has 0 spiro atoms. The van der Waals surface area contributed by atoms with Gasteiger partial charge in [0.2, 0.25) is 0 Å². The van der Waals surface area contributed by atoms with Gasteiger partial charge in [0.15, 0.2) is 0 Å². The lowest BCUT2D eigenvalue weighted by Crippen LogP contribution is -1.98. The standard InChI is InChI=1S/C11H18O4/c1-15-11(14)9-7-5-3-2-4-6-8-10(12)13/h6,8H,2-5,7,9H2,1H3,(H,12,13)/b8-6+. The van der Waals surface area contributed by atoms with Gasteiger partial charge in [0.25, 0.3) is 0 Å². The van der Waals surface area contributed by atoms with Crippen molar-refractivity contribution in [3.8, 4) is 0 Å². The summed E-state index contributed by atoms with van der Waals surface area (Å²) in [5.41, 5.74) is 0. The van der Waals surface area contributed by atoms with Crippen LogP contribution in [0.3, 0.4) is 0 Å². The van der Waals surface area contributed by atoms with Crippen molar-refractivity contribution in [2.45, 2.75) is 38.5 Å². The Labute approximate surface area is 89.9 Å². The van der Waals surface area contributed by atoms with Crippen molar-refractivity contribution < 1.29 is 19.4 Å². The van der Waals surface area contributed by atoms with Crippen LogP contribution in [0.25, 0.3) is 0 Å². The van der Waals surface area contributed by atoms with E-state index in [1.165, 1.54) is 7.11 Å². The van der Waals surface area contributed by atoms with Crippen molar-refractivity contribution in [2.24, 2.45) is 0 Å². The minimum atomic E-state index is -0.902. The lowest BCUT2D eigenvalue weighted by Gasteiger charge is -1.98. The van der Waals surface area contributed by atoms with Gasteiger partial charge in [-0.1, -0.05) is 18.9 Å². The predicted octanol–water partition coefficient (Wildman–Crippen LogP) is 2.14. The Morgan fingerprint density at radius 2 is 1.87 bits per heavy atom. The molecule has 0 aliphatic rings. The summed E-state index contributed by atoms with van der Waals surface area (Å²) in [5.74, 6) is -1.07. The third-order valence-electron chi connectivity index (χ3n) is 1.99. The molecule has 15 heavy (non-hydrogen) atoms. The van der Waals surface area contributed by atoms with Crippen LogP contribution in [0.2, 0.25) is 0 Å². The second-order valence-electron chi connectivity index (χ2n) is 3.27. The number of carboxylic acids is 1. The van der Waals surface area contributed by atoms with Crippen molar-refractivity contribution in [1.82, 2.24) is 0 Å². The molecule has 0 amide bonds. The zero-order valence-corrected chi connectivity index (χ0v) is 9.07. The number of carbonyl (C=O) groups is 2. The quantitative estimate of drug-likeness (QED) is 0.382. The third-order valence-corrected chi connectivity index (χ3v) is 1.99. The van der Waals surface area contributed by atoms with Crippen LogP contribution in [0, 0.1) is 0 Å². The van der Waals surface area contributed by atoms with E-state index in [9.17, 15) is 9.59 Å². The Hall–Kier alpha value is -1.32. The molecule has 86 valence electrons. The van der Waals surface area contributed by atoms with E-state index < -0.39 is 5.97 Å². The maximum Gasteiger partial charge on any atom is 0.327 e. The highest BCUT2D eigenvalue weighted by Gasteiger charge is 1.98. The first-order valence-electron chi connectivity index (χ1n) is 5.13. The van der Waals surface area contributed by atoms with E-state index in [1.807, 2.05) is 0 Å². The summed E-state index contributed by atoms with van der Waals surface area (Å²) in [5, 5.41) is 8.30. The van der Waals surface area contributed by atoms with Gasteiger partial charge in [-0.05, 0) is 19.3 Å². The van der Waals surface area contributed by atoms with Gasteiger partial charge < -0.3 is 9.84 Å². The molecule has 1 N–H and O–H groups in total. The Morgan fingerprint density at radius 3 is 2.47 bits per heavy atom. The predicted molar refractivity (Wildman–Crippen MR) is 56.5 cm³/mol. The Morgan fingerprint density at radius 1 is 1.20 bits per heavy atom. The Balaban J connectivity index is 3.18. The average molecular weight is 214 g/mol. The highest BCUT2D eigenvalue weighted by molar-refractivity contribution is 5.79. The van der Waals surface area contributed by atoms with Crippen LogP contribution in [0.4, 0.5) is 0 Å². The summed E-state index contributed by atoms with van der Waals surface area (Å²) in [6.45, 7) is 0. The van der Waals surface area contributed by atoms with E-state index in [1.54, 1.807) is 6.08 Å². The van der Waals surface area contributed by atoms with Crippen molar-refractivity contribution in [3.63, 3.8) is 0 Å². The number of rotatable bonds is 8. The molecule has 0 saturated heterocycles. The lowest BCUT2D eigenvalue weighted by atomic mass is 10.1. The molecule has 0 aromatic carbocycles. The summed E-state index contributed by atoms with van der Waals surface area (Å²) < 4.78 is 4.51. The number of esters is 1. The smallest absolute Gasteiger partial charge is 0.327 e. The molecule has 0 bridgehead atoms. The van der Waals surface area contributed by atoms with Crippen LogP contribution in [-0.2, 0) is 14.3 Å². The third kappa shape index (κ3) is 10.6. The number of hydrogen-bond donors (Lipinski definition) is 1. The summed E-state index contributed by atoms with van der Waals surface area (Å²) in [4.78, 5) is 20.8. The first-order chi connectivity index (χ1) is 7.16. The zero-order valence-electron chi connectivity index (χ0n) is 9.07. The molecule has 0 heterocycles. The largest absolute Gasteiger partial charge is 0.478 e. The van der Waals surface area contributed by atoms with Crippen LogP contribution < -0.4 is 0 Å². The van der Waals surface area contributed by atoms with Crippen molar-refractivity contribution in [2.75, 3.05) is 7.11 Å². The number of allylic oxidation sites excluding steroid dienone is 1. The minimum Gasteiger partial charge on any atom is -0.478 e. The molecule has 0 fully saturated rings. The maximum absolute atomic E-state index is 10.7. The van der Waals surface area contributed by atoms with E-state index in [-0.39, 0.29) is 5.97 Å². The van der Waals surface area contributed by atoms with Crippen LogP contribution in [0.5, 0.6) is 0 Å². The molecular weight excluding hydrogens is 196 g/mol. The van der Waals surface area contributed by atoms with E-state index in [4.69, 9.17) is 5.11 Å². The SMILES string of the molecule is COC(=O)CCCCCC/C=C/C(=O)O. The molecule has 4 nitrogen and oxygen atoms in total. The second kappa shape index (κ2) is 9.24. The first-order valence-corrected chi connectivity index (χ1v) is 5.13. The van der Waals surface area contributed by atoms with Gasteiger partial charge in [-0.2, -0.15) is 0 Å². The molecule has 0 unspecified atom stereocenters. The normalized spacial score (nSPS) is 10.5. The van der Waals surface area contributed by atoms with Crippen molar-refractivity contribution in [1.29, 1.82) is 0 Å². The summed E-state index contributed by atoms with van der Waals surface area (Å²) in [7, 11) is 1.39. The van der Waals surface area contributed by atoms with E-state index >= 15 is 0 Å². The molecule has 0 atom stereocenters. The van der Waals surface area contributed by atoms with Gasteiger partial charge in [0.1, 0.15) is 0 Å². The summed E-state index contributed by atoms with van der Waals surface area (Å²) >= 11 is 0. The second-order valence-corrected chi connectivity index (χ2v) is 3.27. The highest BCUT2D eigenvalue weighted by atomic mass is 16.5. The van der Waals surface area contributed by atoms with E-state index in [2.05, 4.69) is 4.74 Å². The van der Waals surface area contributed by atoms with Gasteiger partial charge in [0.05, 0.1) is 7.11 Å². The number of unbranched alkanes of at least 4 members (excludes halogenated alkanes) is 4. The van der Waals surface area contributed by atoms with Gasteiger partial charge >= 0.3 is 11.9 Å². The fourth-order valence-electron chi connectivity index (χ4n) is 1.17. The molecule has 4 heteroatoms. The molecule has 0 aromatic heterocycles. The average Bonchev–Trinajstić information content (AvgIpc) is 2.21. The van der Waals surface area contributed by atoms with E-state index in [0.29, 0.717) is 6.42 Å². The summed E-state index contributed by atoms with van der Waals surface area (Å²) in [6.07, 6.45) is 7.88. The summed E-state index contributed by atoms with van der Waals surface area (Å²) in [6, 6.07) is 0. The number of carboxylic acid groups (broad SMARTS) is 1. The topological polar surface area (TPSA) is 63.6 Å². The minimum absolute atomic E-state index is 0.166. The van der Waals surface area contributed by atoms with Crippen molar-refractivity contribution in [3.05, 3.63) is 12.2 Å². The number of hydrogen-bond acceptors (Lipinski definition) is 3.